The number of para-hydroxylation sites is 2. The lowest BCUT2D eigenvalue weighted by atomic mass is 9.72. The summed E-state index contributed by atoms with van der Waals surface area (Å²) in [6.45, 7) is 2.21. The van der Waals surface area contributed by atoms with Gasteiger partial charge in [-0.2, -0.15) is 0 Å². The van der Waals surface area contributed by atoms with E-state index in [9.17, 15) is 14.7 Å². The third-order valence-electron chi connectivity index (χ3n) is 6.97. The summed E-state index contributed by atoms with van der Waals surface area (Å²) < 4.78 is 10.9. The Hall–Kier alpha value is -4.13. The summed E-state index contributed by atoms with van der Waals surface area (Å²) in [6, 6.07) is 19.6. The fraction of sp³-hybridized carbons (Fsp3) is 0.276. The van der Waals surface area contributed by atoms with E-state index in [0.29, 0.717) is 42.1 Å². The van der Waals surface area contributed by atoms with Crippen molar-refractivity contribution in [1.29, 1.82) is 0 Å². The van der Waals surface area contributed by atoms with E-state index in [-0.39, 0.29) is 17.5 Å². The molecule has 0 spiro atoms. The number of hydrogen-bond donors (Lipinski definition) is 1. The van der Waals surface area contributed by atoms with Crippen LogP contribution in [0.5, 0.6) is 17.2 Å². The third kappa shape index (κ3) is 4.21. The van der Waals surface area contributed by atoms with Gasteiger partial charge in [-0.25, -0.2) is 0 Å². The number of aliphatic imine (C=N–C) groups is 1. The number of amides is 1. The van der Waals surface area contributed by atoms with Gasteiger partial charge in [-0.05, 0) is 66.8 Å². The summed E-state index contributed by atoms with van der Waals surface area (Å²) >= 11 is 0. The van der Waals surface area contributed by atoms with Crippen molar-refractivity contribution in [2.24, 2.45) is 10.9 Å². The molecule has 0 saturated heterocycles. The standard InChI is InChI=1S/C29H28N2O5/c1-3-36-27-16-19(10-13-25(27)33)29-28-23(30-22-6-4-5-7-24(22)31(29)17-32)14-20(15-26(28)34)18-8-11-21(35-2)12-9-18/h4-13,16-17,20,28-29,33H,3,14-15H2,1-2H3/t20-,28-,29-/m0/s1. The number of phenolic OH excluding ortho intramolecular Hbond substituents is 1. The molecule has 5 rings (SSSR count). The molecule has 1 N–H and O–H groups in total. The summed E-state index contributed by atoms with van der Waals surface area (Å²) in [5.74, 6) is 0.478. The SMILES string of the molecule is CCOc1cc([C@H]2[C@@H]3C(=O)C[C@@H](c4ccc(OC)cc4)CC3=Nc3ccccc3N2C=O)ccc1O. The second kappa shape index (κ2) is 9.85. The van der Waals surface area contributed by atoms with E-state index in [1.807, 2.05) is 55.5 Å². The lowest BCUT2D eigenvalue weighted by Crippen LogP contribution is -2.43. The molecule has 1 aliphatic carbocycles. The van der Waals surface area contributed by atoms with E-state index in [1.165, 1.54) is 0 Å². The molecule has 184 valence electrons. The first-order valence-electron chi connectivity index (χ1n) is 12.1. The van der Waals surface area contributed by atoms with Crippen molar-refractivity contribution in [2.45, 2.75) is 31.7 Å². The van der Waals surface area contributed by atoms with Crippen molar-refractivity contribution >= 4 is 29.3 Å². The summed E-state index contributed by atoms with van der Waals surface area (Å²) in [7, 11) is 1.63. The molecule has 7 heteroatoms. The number of Topliss-reactive ketones (excluding diaryl/α,β-unsaturated/α-hetero) is 1. The number of rotatable bonds is 6. The number of nitrogens with zero attached hydrogens (tertiary/aromatic N) is 2. The van der Waals surface area contributed by atoms with Crippen LogP contribution < -0.4 is 14.4 Å². The maximum absolute atomic E-state index is 13.8. The van der Waals surface area contributed by atoms with E-state index in [2.05, 4.69) is 0 Å². The molecule has 36 heavy (non-hydrogen) atoms. The molecule has 3 aromatic carbocycles. The van der Waals surface area contributed by atoms with Crippen molar-refractivity contribution in [1.82, 2.24) is 0 Å². The lowest BCUT2D eigenvalue weighted by molar-refractivity contribution is -0.122. The average molecular weight is 485 g/mol. The number of carbonyl (C=O) groups is 2. The molecule has 1 fully saturated rings. The third-order valence-corrected chi connectivity index (χ3v) is 6.97. The Morgan fingerprint density at radius 1 is 1.06 bits per heavy atom. The fourth-order valence-corrected chi connectivity index (χ4v) is 5.30. The smallest absolute Gasteiger partial charge is 0.214 e. The number of hydrogen-bond acceptors (Lipinski definition) is 6. The van der Waals surface area contributed by atoms with Gasteiger partial charge in [-0.1, -0.05) is 30.3 Å². The van der Waals surface area contributed by atoms with Gasteiger partial charge in [0.1, 0.15) is 11.5 Å². The molecule has 0 radical (unpaired) electrons. The molecule has 0 aromatic heterocycles. The number of methoxy groups -OCH3 is 1. The normalized spacial score (nSPS) is 21.1. The van der Waals surface area contributed by atoms with Gasteiger partial charge in [0.2, 0.25) is 6.41 Å². The monoisotopic (exact) mass is 484 g/mol. The minimum Gasteiger partial charge on any atom is -0.504 e. The van der Waals surface area contributed by atoms with Gasteiger partial charge in [-0.3, -0.25) is 14.6 Å². The number of phenols is 1. The quantitative estimate of drug-likeness (QED) is 0.477. The van der Waals surface area contributed by atoms with E-state index in [0.717, 1.165) is 23.4 Å². The molecule has 1 saturated carbocycles. The molecular formula is C29H28N2O5. The van der Waals surface area contributed by atoms with Crippen LogP contribution in [0.4, 0.5) is 11.4 Å². The predicted octanol–water partition coefficient (Wildman–Crippen LogP) is 5.35. The van der Waals surface area contributed by atoms with Crippen LogP contribution in [0.1, 0.15) is 42.9 Å². The predicted molar refractivity (Wildman–Crippen MR) is 138 cm³/mol. The molecular weight excluding hydrogens is 456 g/mol. The zero-order valence-electron chi connectivity index (χ0n) is 20.3. The molecule has 2 aliphatic rings. The average Bonchev–Trinajstić information content (AvgIpc) is 3.04. The Labute approximate surface area is 210 Å². The minimum atomic E-state index is -0.617. The van der Waals surface area contributed by atoms with Crippen LogP contribution in [-0.2, 0) is 9.59 Å². The molecule has 0 unspecified atom stereocenters. The van der Waals surface area contributed by atoms with Crippen LogP contribution in [0.3, 0.4) is 0 Å². The van der Waals surface area contributed by atoms with Crippen LogP contribution in [0.2, 0.25) is 0 Å². The summed E-state index contributed by atoms with van der Waals surface area (Å²) in [5.41, 5.74) is 3.79. The zero-order chi connectivity index (χ0) is 25.2. The highest BCUT2D eigenvalue weighted by molar-refractivity contribution is 6.12. The largest absolute Gasteiger partial charge is 0.504 e. The first-order chi connectivity index (χ1) is 17.5. The number of ketones is 1. The van der Waals surface area contributed by atoms with Crippen molar-refractivity contribution < 1.29 is 24.2 Å². The van der Waals surface area contributed by atoms with Gasteiger partial charge in [0.05, 0.1) is 37.1 Å². The van der Waals surface area contributed by atoms with Crippen LogP contribution in [0.25, 0.3) is 0 Å². The van der Waals surface area contributed by atoms with Gasteiger partial charge < -0.3 is 19.5 Å². The van der Waals surface area contributed by atoms with Crippen molar-refractivity contribution in [3.05, 3.63) is 77.9 Å². The highest BCUT2D eigenvalue weighted by Crippen LogP contribution is 2.47. The van der Waals surface area contributed by atoms with Crippen LogP contribution in [0.15, 0.2) is 71.7 Å². The van der Waals surface area contributed by atoms with Crippen molar-refractivity contribution in [3.63, 3.8) is 0 Å². The van der Waals surface area contributed by atoms with Crippen LogP contribution in [0, 0.1) is 5.92 Å². The number of benzene rings is 3. The van der Waals surface area contributed by atoms with E-state index in [4.69, 9.17) is 14.5 Å². The lowest BCUT2D eigenvalue weighted by Gasteiger charge is -2.37. The molecule has 7 nitrogen and oxygen atoms in total. The summed E-state index contributed by atoms with van der Waals surface area (Å²) in [5, 5.41) is 10.3. The van der Waals surface area contributed by atoms with E-state index < -0.39 is 12.0 Å². The number of carbonyl (C=O) groups excluding carboxylic acids is 2. The van der Waals surface area contributed by atoms with E-state index >= 15 is 0 Å². The molecule has 3 atom stereocenters. The molecule has 1 amide bonds. The van der Waals surface area contributed by atoms with Gasteiger partial charge >= 0.3 is 0 Å². The Balaban J connectivity index is 1.62. The molecule has 1 heterocycles. The Morgan fingerprint density at radius 2 is 1.81 bits per heavy atom. The maximum Gasteiger partial charge on any atom is 0.214 e. The highest BCUT2D eigenvalue weighted by atomic mass is 16.5. The zero-order valence-corrected chi connectivity index (χ0v) is 20.3. The summed E-state index contributed by atoms with van der Waals surface area (Å²) in [4.78, 5) is 32.9. The number of aromatic hydroxyl groups is 1. The van der Waals surface area contributed by atoms with Crippen LogP contribution >= 0.6 is 0 Å². The van der Waals surface area contributed by atoms with Gasteiger partial charge in [-0.15, -0.1) is 0 Å². The maximum atomic E-state index is 13.8. The summed E-state index contributed by atoms with van der Waals surface area (Å²) in [6.07, 6.45) is 1.70. The van der Waals surface area contributed by atoms with Crippen molar-refractivity contribution in [3.8, 4) is 17.2 Å². The Morgan fingerprint density at radius 3 is 2.53 bits per heavy atom. The van der Waals surface area contributed by atoms with Crippen LogP contribution in [-0.4, -0.2) is 36.7 Å². The second-order valence-electron chi connectivity index (χ2n) is 9.03. The van der Waals surface area contributed by atoms with Gasteiger partial charge in [0, 0.05) is 12.1 Å². The minimum absolute atomic E-state index is 0.00991. The second-order valence-corrected chi connectivity index (χ2v) is 9.03. The molecule has 0 bridgehead atoms. The number of ether oxygens (including phenoxy) is 2. The first kappa shape index (κ1) is 23.6. The molecule has 3 aromatic rings. The number of fused-ring (bicyclic) bond motifs is 2. The highest BCUT2D eigenvalue weighted by Gasteiger charge is 2.44. The number of anilines is 1. The molecule has 1 aliphatic heterocycles. The topological polar surface area (TPSA) is 88.4 Å². The Bertz CT molecular complexity index is 1320. The van der Waals surface area contributed by atoms with Crippen molar-refractivity contribution in [2.75, 3.05) is 18.6 Å². The Kier molecular flexibility index (Phi) is 6.46. The fourth-order valence-electron chi connectivity index (χ4n) is 5.30. The van der Waals surface area contributed by atoms with E-state index in [1.54, 1.807) is 30.2 Å². The van der Waals surface area contributed by atoms with Gasteiger partial charge in [0.15, 0.2) is 11.5 Å². The first-order valence-corrected chi connectivity index (χ1v) is 12.1. The van der Waals surface area contributed by atoms with Gasteiger partial charge in [0.25, 0.3) is 0 Å².